The maximum Gasteiger partial charge on any atom is 0.239 e. The molecule has 0 aliphatic carbocycles. The second-order valence-corrected chi connectivity index (χ2v) is 3.64. The summed E-state index contributed by atoms with van der Waals surface area (Å²) in [5.74, 6) is -0.267. The first-order valence-corrected chi connectivity index (χ1v) is 5.12. The van der Waals surface area contributed by atoms with E-state index in [1.54, 1.807) is 7.05 Å². The lowest BCUT2D eigenvalue weighted by Crippen LogP contribution is -2.36. The third kappa shape index (κ3) is 4.13. The summed E-state index contributed by atoms with van der Waals surface area (Å²) in [7, 11) is 1.60. The third-order valence-corrected chi connectivity index (χ3v) is 2.25. The van der Waals surface area contributed by atoms with Crippen molar-refractivity contribution >= 4 is 11.8 Å². The fourth-order valence-corrected chi connectivity index (χ4v) is 1.18. The fraction of sp³-hybridized carbons (Fsp3) is 0.333. The molecule has 1 aromatic carbocycles. The van der Waals surface area contributed by atoms with Gasteiger partial charge in [-0.15, -0.1) is 0 Å². The lowest BCUT2D eigenvalue weighted by molar-refractivity contribution is -0.133. The number of nitrogens with zero attached hydrogens (tertiary/aromatic N) is 1. The van der Waals surface area contributed by atoms with Crippen molar-refractivity contribution in [1.82, 2.24) is 10.2 Å². The molecule has 16 heavy (non-hydrogen) atoms. The fourth-order valence-electron chi connectivity index (χ4n) is 1.18. The van der Waals surface area contributed by atoms with Gasteiger partial charge in [0.2, 0.25) is 11.8 Å². The van der Waals surface area contributed by atoms with Gasteiger partial charge >= 0.3 is 0 Å². The van der Waals surface area contributed by atoms with Crippen LogP contribution < -0.4 is 5.32 Å². The summed E-state index contributed by atoms with van der Waals surface area (Å²) in [5, 5.41) is 2.75. The van der Waals surface area contributed by atoms with E-state index in [1.165, 1.54) is 11.8 Å². The second-order valence-electron chi connectivity index (χ2n) is 3.64. The van der Waals surface area contributed by atoms with E-state index in [1.807, 2.05) is 30.3 Å². The summed E-state index contributed by atoms with van der Waals surface area (Å²) in [6.07, 6.45) is 0. The predicted octanol–water partition coefficient (Wildman–Crippen LogP) is 0.781. The van der Waals surface area contributed by atoms with Crippen LogP contribution in [0.25, 0.3) is 0 Å². The van der Waals surface area contributed by atoms with Crippen molar-refractivity contribution in [3.05, 3.63) is 35.9 Å². The van der Waals surface area contributed by atoms with Crippen molar-refractivity contribution in [2.75, 3.05) is 13.6 Å². The molecule has 4 heteroatoms. The number of nitrogens with one attached hydrogen (secondary N) is 1. The van der Waals surface area contributed by atoms with Gasteiger partial charge in [0.05, 0.1) is 6.54 Å². The molecule has 2 amide bonds. The lowest BCUT2D eigenvalue weighted by atomic mass is 10.2. The largest absolute Gasteiger partial charge is 0.350 e. The molecule has 1 rings (SSSR count). The van der Waals surface area contributed by atoms with E-state index in [-0.39, 0.29) is 18.4 Å². The Balaban J connectivity index is 2.33. The summed E-state index contributed by atoms with van der Waals surface area (Å²) >= 11 is 0. The normalized spacial score (nSPS) is 9.62. The molecule has 0 fully saturated rings. The quantitative estimate of drug-likeness (QED) is 0.815. The molecule has 1 aromatic rings. The minimum absolute atomic E-state index is 0.0994. The van der Waals surface area contributed by atoms with Crippen LogP contribution >= 0.6 is 0 Å². The molecule has 86 valence electrons. The van der Waals surface area contributed by atoms with Gasteiger partial charge in [-0.2, -0.15) is 0 Å². The average molecular weight is 220 g/mol. The van der Waals surface area contributed by atoms with Crippen LogP contribution in [0.2, 0.25) is 0 Å². The predicted molar refractivity (Wildman–Crippen MR) is 61.6 cm³/mol. The Morgan fingerprint density at radius 3 is 2.44 bits per heavy atom. The Bertz CT molecular complexity index is 363. The van der Waals surface area contributed by atoms with Crippen LogP contribution in [0.4, 0.5) is 0 Å². The Morgan fingerprint density at radius 1 is 1.25 bits per heavy atom. The van der Waals surface area contributed by atoms with Crippen LogP contribution in [0.1, 0.15) is 12.5 Å². The zero-order valence-electron chi connectivity index (χ0n) is 9.56. The van der Waals surface area contributed by atoms with Crippen LogP contribution in [0.3, 0.4) is 0 Å². The van der Waals surface area contributed by atoms with Crippen LogP contribution in [0, 0.1) is 0 Å². The van der Waals surface area contributed by atoms with E-state index in [0.717, 1.165) is 5.56 Å². The van der Waals surface area contributed by atoms with E-state index < -0.39 is 0 Å². The van der Waals surface area contributed by atoms with Gasteiger partial charge in [0.15, 0.2) is 0 Å². The van der Waals surface area contributed by atoms with Crippen molar-refractivity contribution in [1.29, 1.82) is 0 Å². The number of likely N-dealkylation sites (N-methyl/N-ethyl adjacent to an activating group) is 1. The molecule has 0 aromatic heterocycles. The van der Waals surface area contributed by atoms with Gasteiger partial charge in [-0.05, 0) is 5.56 Å². The molecule has 0 radical (unpaired) electrons. The van der Waals surface area contributed by atoms with Crippen molar-refractivity contribution in [2.24, 2.45) is 0 Å². The van der Waals surface area contributed by atoms with Crippen LogP contribution in [-0.4, -0.2) is 30.3 Å². The molecule has 0 atom stereocenters. The van der Waals surface area contributed by atoms with Crippen LogP contribution in [0.15, 0.2) is 30.3 Å². The van der Waals surface area contributed by atoms with Gasteiger partial charge in [0.25, 0.3) is 0 Å². The first-order chi connectivity index (χ1) is 7.59. The zero-order valence-corrected chi connectivity index (χ0v) is 9.56. The molecule has 0 spiro atoms. The monoisotopic (exact) mass is 220 g/mol. The van der Waals surface area contributed by atoms with Gasteiger partial charge < -0.3 is 10.2 Å². The summed E-state index contributed by atoms with van der Waals surface area (Å²) in [6.45, 7) is 2.03. The van der Waals surface area contributed by atoms with Crippen molar-refractivity contribution < 1.29 is 9.59 Å². The molecule has 0 aliphatic heterocycles. The van der Waals surface area contributed by atoms with E-state index in [9.17, 15) is 9.59 Å². The minimum atomic E-state index is -0.151. The maximum atomic E-state index is 11.4. The van der Waals surface area contributed by atoms with E-state index in [0.29, 0.717) is 6.54 Å². The topological polar surface area (TPSA) is 49.4 Å². The van der Waals surface area contributed by atoms with Gasteiger partial charge in [-0.1, -0.05) is 30.3 Å². The highest BCUT2D eigenvalue weighted by atomic mass is 16.2. The zero-order chi connectivity index (χ0) is 12.0. The van der Waals surface area contributed by atoms with Crippen molar-refractivity contribution in [3.63, 3.8) is 0 Å². The molecular weight excluding hydrogens is 204 g/mol. The molecule has 4 nitrogen and oxygen atoms in total. The molecule has 0 unspecified atom stereocenters. The van der Waals surface area contributed by atoms with Gasteiger partial charge in [-0.25, -0.2) is 0 Å². The maximum absolute atomic E-state index is 11.4. The molecule has 0 heterocycles. The average Bonchev–Trinajstić information content (AvgIpc) is 2.27. The molecule has 0 saturated carbocycles. The molecule has 0 aliphatic rings. The highest BCUT2D eigenvalue weighted by Crippen LogP contribution is 1.97. The van der Waals surface area contributed by atoms with Gasteiger partial charge in [0, 0.05) is 20.5 Å². The Kier molecular flexibility index (Phi) is 4.51. The first kappa shape index (κ1) is 12.2. The molecule has 0 bridgehead atoms. The second kappa shape index (κ2) is 5.90. The SMILES string of the molecule is CC(=O)N(C)CC(=O)NCc1ccccc1. The Morgan fingerprint density at radius 2 is 1.88 bits per heavy atom. The smallest absolute Gasteiger partial charge is 0.239 e. The van der Waals surface area contributed by atoms with Crippen molar-refractivity contribution in [3.8, 4) is 0 Å². The number of hydrogen-bond acceptors (Lipinski definition) is 2. The van der Waals surface area contributed by atoms with Crippen LogP contribution in [-0.2, 0) is 16.1 Å². The molecule has 1 N–H and O–H groups in total. The first-order valence-electron chi connectivity index (χ1n) is 5.12. The van der Waals surface area contributed by atoms with Gasteiger partial charge in [0.1, 0.15) is 0 Å². The number of benzene rings is 1. The standard InChI is InChI=1S/C12H16N2O2/c1-10(15)14(2)9-12(16)13-8-11-6-4-3-5-7-11/h3-7H,8-9H2,1-2H3,(H,13,16). The summed E-state index contributed by atoms with van der Waals surface area (Å²) in [6, 6.07) is 9.64. The summed E-state index contributed by atoms with van der Waals surface area (Å²) in [5.41, 5.74) is 1.04. The van der Waals surface area contributed by atoms with Crippen molar-refractivity contribution in [2.45, 2.75) is 13.5 Å². The molecular formula is C12H16N2O2. The number of carbonyl (C=O) groups excluding carboxylic acids is 2. The lowest BCUT2D eigenvalue weighted by Gasteiger charge is -2.14. The van der Waals surface area contributed by atoms with Crippen LogP contribution in [0.5, 0.6) is 0 Å². The highest BCUT2D eigenvalue weighted by Gasteiger charge is 2.07. The number of rotatable bonds is 4. The minimum Gasteiger partial charge on any atom is -0.350 e. The third-order valence-electron chi connectivity index (χ3n) is 2.25. The van der Waals surface area contributed by atoms with E-state index in [2.05, 4.69) is 5.32 Å². The van der Waals surface area contributed by atoms with Gasteiger partial charge in [-0.3, -0.25) is 9.59 Å². The summed E-state index contributed by atoms with van der Waals surface area (Å²) in [4.78, 5) is 23.7. The van der Waals surface area contributed by atoms with E-state index in [4.69, 9.17) is 0 Å². The number of hydrogen-bond donors (Lipinski definition) is 1. The Hall–Kier alpha value is -1.84. The highest BCUT2D eigenvalue weighted by molar-refractivity contribution is 5.83. The van der Waals surface area contributed by atoms with E-state index >= 15 is 0 Å². The number of amides is 2. The Labute approximate surface area is 95.3 Å². The molecule has 0 saturated heterocycles. The summed E-state index contributed by atoms with van der Waals surface area (Å²) < 4.78 is 0. The number of carbonyl (C=O) groups is 2.